The summed E-state index contributed by atoms with van der Waals surface area (Å²) in [6, 6.07) is 7.01. The third-order valence-electron chi connectivity index (χ3n) is 2.53. The van der Waals surface area contributed by atoms with E-state index in [1.165, 1.54) is 0 Å². The molecule has 0 aliphatic carbocycles. The van der Waals surface area contributed by atoms with E-state index in [0.717, 1.165) is 11.4 Å². The van der Waals surface area contributed by atoms with Gasteiger partial charge in [-0.05, 0) is 18.4 Å². The summed E-state index contributed by atoms with van der Waals surface area (Å²) in [6.07, 6.45) is 2.46. The van der Waals surface area contributed by atoms with Crippen LogP contribution in [0.25, 0.3) is 0 Å². The van der Waals surface area contributed by atoms with Gasteiger partial charge in [0, 0.05) is 30.5 Å². The second kappa shape index (κ2) is 6.90. The molecule has 0 atom stereocenters. The number of nitrogens with two attached hydrogens (primary N) is 1. The highest BCUT2D eigenvalue weighted by Gasteiger charge is 2.11. The van der Waals surface area contributed by atoms with Crippen molar-refractivity contribution in [2.45, 2.75) is 6.42 Å². The lowest BCUT2D eigenvalue weighted by Gasteiger charge is -2.17. The predicted molar refractivity (Wildman–Crippen MR) is 75.4 cm³/mol. The van der Waals surface area contributed by atoms with Crippen molar-refractivity contribution < 1.29 is 10.0 Å². The molecule has 1 aromatic rings. The van der Waals surface area contributed by atoms with Gasteiger partial charge < -0.3 is 15.8 Å². The van der Waals surface area contributed by atoms with E-state index >= 15 is 0 Å². The van der Waals surface area contributed by atoms with E-state index in [0.29, 0.717) is 12.0 Å². The molecule has 0 heterocycles. The number of thioether (sulfide) groups is 1. The Morgan fingerprint density at radius 3 is 2.89 bits per heavy atom. The number of amidine groups is 1. The number of rotatable bonds is 5. The first-order valence-corrected chi connectivity index (χ1v) is 6.83. The van der Waals surface area contributed by atoms with Crippen molar-refractivity contribution in [2.75, 3.05) is 24.0 Å². The zero-order valence-electron chi connectivity index (χ0n) is 10.5. The summed E-state index contributed by atoms with van der Waals surface area (Å²) in [5, 5.41) is 11.6. The van der Waals surface area contributed by atoms with E-state index in [1.807, 2.05) is 12.3 Å². The Hall–Kier alpha value is -1.69. The molecule has 18 heavy (non-hydrogen) atoms. The van der Waals surface area contributed by atoms with Gasteiger partial charge in [-0.1, -0.05) is 17.3 Å². The van der Waals surface area contributed by atoms with E-state index < -0.39 is 0 Å². The van der Waals surface area contributed by atoms with Crippen LogP contribution in [0.1, 0.15) is 12.0 Å². The largest absolute Gasteiger partial charge is 0.409 e. The molecule has 0 saturated carbocycles. The average molecular weight is 267 g/mol. The molecule has 98 valence electrons. The van der Waals surface area contributed by atoms with Gasteiger partial charge in [0.15, 0.2) is 5.84 Å². The molecule has 0 bridgehead atoms. The lowest BCUT2D eigenvalue weighted by atomic mass is 10.1. The number of nitrogens with zero attached hydrogens (tertiary/aromatic N) is 2. The summed E-state index contributed by atoms with van der Waals surface area (Å²) in [5.41, 5.74) is 6.82. The third-order valence-corrected chi connectivity index (χ3v) is 3.14. The van der Waals surface area contributed by atoms with Crippen molar-refractivity contribution >= 4 is 29.2 Å². The molecule has 0 aliphatic rings. The maximum Gasteiger partial charge on any atom is 0.227 e. The normalized spacial score (nSPS) is 11.3. The molecule has 5 nitrogen and oxygen atoms in total. The summed E-state index contributed by atoms with van der Waals surface area (Å²) < 4.78 is 0. The Morgan fingerprint density at radius 2 is 2.28 bits per heavy atom. The Morgan fingerprint density at radius 1 is 1.56 bits per heavy atom. The number of carbonyl (C=O) groups is 1. The Balaban J connectivity index is 2.86. The van der Waals surface area contributed by atoms with E-state index in [9.17, 15) is 4.79 Å². The third kappa shape index (κ3) is 3.66. The van der Waals surface area contributed by atoms with Crippen molar-refractivity contribution in [3.63, 3.8) is 0 Å². The molecule has 1 rings (SSSR count). The summed E-state index contributed by atoms with van der Waals surface area (Å²) in [5.74, 6) is 0.867. The highest BCUT2D eigenvalue weighted by Crippen LogP contribution is 2.16. The molecule has 0 unspecified atom stereocenters. The summed E-state index contributed by atoms with van der Waals surface area (Å²) >= 11 is 1.63. The quantitative estimate of drug-likeness (QED) is 0.367. The fourth-order valence-electron chi connectivity index (χ4n) is 1.43. The smallest absolute Gasteiger partial charge is 0.227 e. The molecular formula is C12H17N3O2S. The van der Waals surface area contributed by atoms with Crippen LogP contribution in [0.5, 0.6) is 0 Å². The standard InChI is InChI=1S/C12H17N3O2S/c1-15(11(16)6-7-18-2)10-5-3-4-9(8-10)12(13)14-17/h3-5,8,17H,6-7H2,1-2H3,(H2,13,14). The Bertz CT molecular complexity index is 449. The maximum atomic E-state index is 11.9. The van der Waals surface area contributed by atoms with Crippen LogP contribution in [0.15, 0.2) is 29.4 Å². The maximum absolute atomic E-state index is 11.9. The summed E-state index contributed by atoms with van der Waals surface area (Å²) in [4.78, 5) is 13.4. The second-order valence-corrected chi connectivity index (χ2v) is 4.72. The van der Waals surface area contributed by atoms with Gasteiger partial charge in [0.2, 0.25) is 5.91 Å². The zero-order chi connectivity index (χ0) is 13.5. The van der Waals surface area contributed by atoms with Gasteiger partial charge in [0.05, 0.1) is 0 Å². The van der Waals surface area contributed by atoms with Crippen LogP contribution in [0, 0.1) is 0 Å². The van der Waals surface area contributed by atoms with Crippen LogP contribution in [-0.2, 0) is 4.79 Å². The molecule has 1 aromatic carbocycles. The van der Waals surface area contributed by atoms with Crippen LogP contribution >= 0.6 is 11.8 Å². The van der Waals surface area contributed by atoms with E-state index in [1.54, 1.807) is 41.9 Å². The first-order valence-electron chi connectivity index (χ1n) is 5.43. The highest BCUT2D eigenvalue weighted by atomic mass is 32.2. The van der Waals surface area contributed by atoms with E-state index in [4.69, 9.17) is 10.9 Å². The number of amides is 1. The monoisotopic (exact) mass is 267 g/mol. The summed E-state index contributed by atoms with van der Waals surface area (Å²) in [7, 11) is 1.72. The van der Waals surface area contributed by atoms with E-state index in [-0.39, 0.29) is 11.7 Å². The van der Waals surface area contributed by atoms with E-state index in [2.05, 4.69) is 5.16 Å². The molecule has 0 fully saturated rings. The highest BCUT2D eigenvalue weighted by molar-refractivity contribution is 7.98. The molecule has 0 spiro atoms. The molecule has 0 saturated heterocycles. The van der Waals surface area contributed by atoms with Gasteiger partial charge in [0.1, 0.15) is 0 Å². The minimum absolute atomic E-state index is 0.0295. The minimum atomic E-state index is 0.0295. The zero-order valence-corrected chi connectivity index (χ0v) is 11.3. The fraction of sp³-hybridized carbons (Fsp3) is 0.333. The number of benzene rings is 1. The molecule has 0 radical (unpaired) electrons. The van der Waals surface area contributed by atoms with Crippen LogP contribution in [-0.4, -0.2) is 36.0 Å². The predicted octanol–water partition coefficient (Wildman–Crippen LogP) is 1.50. The number of oxime groups is 1. The number of hydrogen-bond acceptors (Lipinski definition) is 4. The van der Waals surface area contributed by atoms with Crippen molar-refractivity contribution in [1.82, 2.24) is 0 Å². The fourth-order valence-corrected chi connectivity index (χ4v) is 1.81. The molecule has 6 heteroatoms. The molecule has 0 aromatic heterocycles. The minimum Gasteiger partial charge on any atom is -0.409 e. The van der Waals surface area contributed by atoms with Crippen LogP contribution < -0.4 is 10.6 Å². The molecule has 1 amide bonds. The number of hydrogen-bond donors (Lipinski definition) is 2. The van der Waals surface area contributed by atoms with Crippen molar-refractivity contribution in [3.8, 4) is 0 Å². The van der Waals surface area contributed by atoms with Gasteiger partial charge in [-0.2, -0.15) is 11.8 Å². The van der Waals surface area contributed by atoms with Crippen molar-refractivity contribution in [2.24, 2.45) is 10.9 Å². The lowest BCUT2D eigenvalue weighted by Crippen LogP contribution is -2.26. The number of carbonyl (C=O) groups excluding carboxylic acids is 1. The molecule has 3 N–H and O–H groups in total. The van der Waals surface area contributed by atoms with Crippen LogP contribution in [0.2, 0.25) is 0 Å². The first-order chi connectivity index (χ1) is 8.60. The first kappa shape index (κ1) is 14.4. The molecule has 0 aliphatic heterocycles. The Labute approximate surface area is 111 Å². The van der Waals surface area contributed by atoms with Gasteiger partial charge in [-0.15, -0.1) is 0 Å². The Kier molecular flexibility index (Phi) is 5.51. The van der Waals surface area contributed by atoms with Crippen molar-refractivity contribution in [1.29, 1.82) is 0 Å². The van der Waals surface area contributed by atoms with Gasteiger partial charge in [-0.25, -0.2) is 0 Å². The average Bonchev–Trinajstić information content (AvgIpc) is 2.43. The molecular weight excluding hydrogens is 250 g/mol. The van der Waals surface area contributed by atoms with Gasteiger partial charge in [-0.3, -0.25) is 4.79 Å². The SMILES string of the molecule is CSCCC(=O)N(C)c1cccc(C(N)=NO)c1. The summed E-state index contributed by atoms with van der Waals surface area (Å²) in [6.45, 7) is 0. The van der Waals surface area contributed by atoms with Crippen LogP contribution in [0.3, 0.4) is 0 Å². The number of anilines is 1. The lowest BCUT2D eigenvalue weighted by molar-refractivity contribution is -0.117. The van der Waals surface area contributed by atoms with Crippen molar-refractivity contribution in [3.05, 3.63) is 29.8 Å². The second-order valence-electron chi connectivity index (χ2n) is 3.73. The van der Waals surface area contributed by atoms with Gasteiger partial charge in [0.25, 0.3) is 0 Å². The topological polar surface area (TPSA) is 78.9 Å². The van der Waals surface area contributed by atoms with Crippen LogP contribution in [0.4, 0.5) is 5.69 Å². The van der Waals surface area contributed by atoms with Gasteiger partial charge >= 0.3 is 0 Å².